The minimum atomic E-state index is 0. The summed E-state index contributed by atoms with van der Waals surface area (Å²) in [7, 11) is 0. The molecule has 5 nitrogen and oxygen atoms in total. The third-order valence-corrected chi connectivity index (χ3v) is 2.19. The van der Waals surface area contributed by atoms with Gasteiger partial charge in [0.1, 0.15) is 5.75 Å². The van der Waals surface area contributed by atoms with Crippen LogP contribution < -0.4 is 5.73 Å². The number of aromatic nitrogens is 2. The number of aromatic hydroxyl groups is 1. The highest BCUT2D eigenvalue weighted by atomic mass is 16.5. The number of phenolic OH excluding ortho intramolecular Hbond substituents is 1. The van der Waals surface area contributed by atoms with Crippen molar-refractivity contribution in [2.45, 2.75) is 20.3 Å². The lowest BCUT2D eigenvalue weighted by molar-refractivity contribution is 0.376. The Kier molecular flexibility index (Phi) is 4.66. The summed E-state index contributed by atoms with van der Waals surface area (Å²) < 4.78 is 5.07. The third-order valence-electron chi connectivity index (χ3n) is 2.19. The smallest absolute Gasteiger partial charge is 0.227 e. The zero-order valence-corrected chi connectivity index (χ0v) is 8.76. The number of phenols is 1. The molecule has 1 aromatic carbocycles. The Bertz CT molecular complexity index is 451. The van der Waals surface area contributed by atoms with Crippen LogP contribution in [-0.2, 0) is 6.42 Å². The van der Waals surface area contributed by atoms with Crippen molar-refractivity contribution < 1.29 is 9.63 Å². The van der Waals surface area contributed by atoms with Gasteiger partial charge in [0.25, 0.3) is 0 Å². The van der Waals surface area contributed by atoms with E-state index in [1.807, 2.05) is 0 Å². The van der Waals surface area contributed by atoms with E-state index in [0.29, 0.717) is 24.7 Å². The van der Waals surface area contributed by atoms with Crippen LogP contribution in [0.5, 0.6) is 5.75 Å². The summed E-state index contributed by atoms with van der Waals surface area (Å²) in [4.78, 5) is 4.23. The molecule has 0 aliphatic carbocycles. The van der Waals surface area contributed by atoms with Gasteiger partial charge in [-0.25, -0.2) is 0 Å². The number of benzene rings is 1. The van der Waals surface area contributed by atoms with Crippen LogP contribution in [-0.4, -0.2) is 21.8 Å². The second-order valence-electron chi connectivity index (χ2n) is 3.45. The zero-order chi connectivity index (χ0) is 11.4. The maximum Gasteiger partial charge on any atom is 0.227 e. The molecular weight excluding hydrogens is 218 g/mol. The van der Waals surface area contributed by atoms with Gasteiger partial charge in [0, 0.05) is 12.0 Å². The number of hydrogen-bond donors (Lipinski definition) is 2. The van der Waals surface area contributed by atoms with E-state index in [1.165, 1.54) is 0 Å². The topological polar surface area (TPSA) is 85.2 Å². The van der Waals surface area contributed by atoms with Gasteiger partial charge in [-0.05, 0) is 37.2 Å². The summed E-state index contributed by atoms with van der Waals surface area (Å²) in [5.41, 5.74) is 6.21. The molecular formula is C12H17N3O2. The standard InChI is InChI=1S/C11H13N3O2.CH4/c12-7-1-2-10-13-11(14-16-10)8-3-5-9(15)6-4-8;/h3-6,15H,1-2,7,12H2;1H4. The molecule has 0 radical (unpaired) electrons. The van der Waals surface area contributed by atoms with E-state index in [2.05, 4.69) is 10.1 Å². The minimum absolute atomic E-state index is 0. The molecule has 3 N–H and O–H groups in total. The number of hydrogen-bond acceptors (Lipinski definition) is 5. The van der Waals surface area contributed by atoms with Crippen LogP contribution >= 0.6 is 0 Å². The molecule has 0 saturated heterocycles. The molecule has 17 heavy (non-hydrogen) atoms. The van der Waals surface area contributed by atoms with Crippen molar-refractivity contribution in [2.24, 2.45) is 5.73 Å². The average Bonchev–Trinajstić information content (AvgIpc) is 2.76. The van der Waals surface area contributed by atoms with E-state index in [1.54, 1.807) is 24.3 Å². The van der Waals surface area contributed by atoms with Gasteiger partial charge in [-0.2, -0.15) is 4.98 Å². The summed E-state index contributed by atoms with van der Waals surface area (Å²) in [6.45, 7) is 0.608. The first kappa shape index (κ1) is 13.2. The van der Waals surface area contributed by atoms with Crippen LogP contribution in [0.15, 0.2) is 28.8 Å². The van der Waals surface area contributed by atoms with Gasteiger partial charge in [-0.3, -0.25) is 0 Å². The Balaban J connectivity index is 0.00000144. The van der Waals surface area contributed by atoms with E-state index in [9.17, 15) is 0 Å². The van der Waals surface area contributed by atoms with Crippen LogP contribution in [0.4, 0.5) is 0 Å². The Labute approximate surface area is 100 Å². The molecule has 5 heteroatoms. The van der Waals surface area contributed by atoms with Crippen LogP contribution in [0.3, 0.4) is 0 Å². The van der Waals surface area contributed by atoms with Crippen molar-refractivity contribution in [1.82, 2.24) is 10.1 Å². The van der Waals surface area contributed by atoms with Crippen LogP contribution in [0, 0.1) is 0 Å². The molecule has 2 aromatic rings. The second-order valence-corrected chi connectivity index (χ2v) is 3.45. The molecule has 0 spiro atoms. The summed E-state index contributed by atoms with van der Waals surface area (Å²) in [5.74, 6) is 1.34. The van der Waals surface area contributed by atoms with Gasteiger partial charge in [-0.1, -0.05) is 12.6 Å². The molecule has 2 rings (SSSR count). The van der Waals surface area contributed by atoms with Gasteiger partial charge in [0.15, 0.2) is 0 Å². The predicted octanol–water partition coefficient (Wildman–Crippen LogP) is 1.97. The monoisotopic (exact) mass is 235 g/mol. The minimum Gasteiger partial charge on any atom is -0.508 e. The Morgan fingerprint density at radius 3 is 2.59 bits per heavy atom. The Morgan fingerprint density at radius 2 is 1.94 bits per heavy atom. The van der Waals surface area contributed by atoms with Crippen LogP contribution in [0.1, 0.15) is 19.7 Å². The molecule has 0 fully saturated rings. The highest BCUT2D eigenvalue weighted by Crippen LogP contribution is 2.19. The first-order valence-electron chi connectivity index (χ1n) is 5.11. The highest BCUT2D eigenvalue weighted by molar-refractivity contribution is 5.55. The molecule has 0 atom stereocenters. The fraction of sp³-hybridized carbons (Fsp3) is 0.333. The number of rotatable bonds is 4. The normalized spacial score (nSPS) is 9.94. The molecule has 0 bridgehead atoms. The van der Waals surface area contributed by atoms with E-state index < -0.39 is 0 Å². The maximum absolute atomic E-state index is 9.15. The zero-order valence-electron chi connectivity index (χ0n) is 8.76. The maximum atomic E-state index is 9.15. The van der Waals surface area contributed by atoms with E-state index in [4.69, 9.17) is 15.4 Å². The molecule has 0 aliphatic rings. The SMILES string of the molecule is C.NCCCc1nc(-c2ccc(O)cc2)no1. The van der Waals surface area contributed by atoms with Crippen molar-refractivity contribution >= 4 is 0 Å². The first-order chi connectivity index (χ1) is 7.79. The van der Waals surface area contributed by atoms with E-state index >= 15 is 0 Å². The molecule has 1 heterocycles. The Hall–Kier alpha value is -1.88. The summed E-state index contributed by atoms with van der Waals surface area (Å²) in [6.07, 6.45) is 1.53. The number of nitrogens with two attached hydrogens (primary N) is 1. The first-order valence-corrected chi connectivity index (χ1v) is 5.11. The largest absolute Gasteiger partial charge is 0.508 e. The van der Waals surface area contributed by atoms with Crippen molar-refractivity contribution in [3.05, 3.63) is 30.2 Å². The van der Waals surface area contributed by atoms with Crippen LogP contribution in [0.2, 0.25) is 0 Å². The van der Waals surface area contributed by atoms with Gasteiger partial charge < -0.3 is 15.4 Å². The highest BCUT2D eigenvalue weighted by Gasteiger charge is 2.07. The summed E-state index contributed by atoms with van der Waals surface area (Å²) in [5, 5.41) is 13.0. The van der Waals surface area contributed by atoms with Gasteiger partial charge in [0.2, 0.25) is 11.7 Å². The number of aryl methyl sites for hydroxylation is 1. The summed E-state index contributed by atoms with van der Waals surface area (Å²) >= 11 is 0. The summed E-state index contributed by atoms with van der Waals surface area (Å²) in [6, 6.07) is 6.66. The fourth-order valence-corrected chi connectivity index (χ4v) is 1.34. The molecule has 92 valence electrons. The molecule has 0 aliphatic heterocycles. The van der Waals surface area contributed by atoms with Crippen molar-refractivity contribution in [3.8, 4) is 17.1 Å². The lowest BCUT2D eigenvalue weighted by atomic mass is 10.2. The quantitative estimate of drug-likeness (QED) is 0.846. The predicted molar refractivity (Wildman–Crippen MR) is 65.5 cm³/mol. The van der Waals surface area contributed by atoms with E-state index in [0.717, 1.165) is 12.0 Å². The van der Waals surface area contributed by atoms with Crippen LogP contribution in [0.25, 0.3) is 11.4 Å². The fourth-order valence-electron chi connectivity index (χ4n) is 1.34. The van der Waals surface area contributed by atoms with E-state index in [-0.39, 0.29) is 13.2 Å². The lowest BCUT2D eigenvalue weighted by Gasteiger charge is -1.93. The molecule has 0 amide bonds. The lowest BCUT2D eigenvalue weighted by Crippen LogP contribution is -2.00. The van der Waals surface area contributed by atoms with Gasteiger partial charge >= 0.3 is 0 Å². The van der Waals surface area contributed by atoms with Gasteiger partial charge in [0.05, 0.1) is 0 Å². The number of nitrogens with zero attached hydrogens (tertiary/aromatic N) is 2. The van der Waals surface area contributed by atoms with Crippen molar-refractivity contribution in [3.63, 3.8) is 0 Å². The van der Waals surface area contributed by atoms with Gasteiger partial charge in [-0.15, -0.1) is 0 Å². The average molecular weight is 235 g/mol. The Morgan fingerprint density at radius 1 is 1.24 bits per heavy atom. The molecule has 0 unspecified atom stereocenters. The van der Waals surface area contributed by atoms with Crippen molar-refractivity contribution in [2.75, 3.05) is 6.54 Å². The van der Waals surface area contributed by atoms with Crippen molar-refractivity contribution in [1.29, 1.82) is 0 Å². The molecule has 1 aromatic heterocycles. The third kappa shape index (κ3) is 3.29. The molecule has 0 saturated carbocycles. The second kappa shape index (κ2) is 6.00.